The zero-order valence-corrected chi connectivity index (χ0v) is 55.4. The van der Waals surface area contributed by atoms with Crippen molar-refractivity contribution in [3.8, 4) is 16.9 Å². The first-order valence-electron chi connectivity index (χ1n) is 32.2. The first-order chi connectivity index (χ1) is 44.8. The number of carboxylic acid groups (broad SMARTS) is 1. The smallest absolute Gasteiger partial charge is 0.409 e. The molecule has 2 aliphatic heterocycles. The molecule has 496 valence electrons. The fourth-order valence-electron chi connectivity index (χ4n) is 16.0. The molecule has 3 aromatic heterocycles. The number of nitrogens with zero attached hydrogens (tertiary/aromatic N) is 8. The third-order valence-electron chi connectivity index (χ3n) is 19.4. The minimum Gasteiger partial charge on any atom is -0.497 e. The number of likely N-dealkylation sites (N-methyl/N-ethyl adjacent to an activating group) is 1. The lowest BCUT2D eigenvalue weighted by Gasteiger charge is -2.69. The second-order valence-corrected chi connectivity index (χ2v) is 28.5. The van der Waals surface area contributed by atoms with Crippen LogP contribution in [0.15, 0.2) is 91.1 Å². The Kier molecular flexibility index (Phi) is 18.9. The van der Waals surface area contributed by atoms with Gasteiger partial charge in [0.2, 0.25) is 11.8 Å². The van der Waals surface area contributed by atoms with Gasteiger partial charge in [-0.05, 0) is 159 Å². The average molecular weight is 1300 g/mol. The summed E-state index contributed by atoms with van der Waals surface area (Å²) in [5.41, 5.74) is 11.0. The highest BCUT2D eigenvalue weighted by atomic mass is 32.1. The molecule has 0 saturated heterocycles. The summed E-state index contributed by atoms with van der Waals surface area (Å²) >= 11 is 1.40. The Hall–Kier alpha value is -9.03. The maximum Gasteiger partial charge on any atom is 0.409 e. The number of ether oxygens (including phenoxy) is 3. The number of benzene rings is 3. The van der Waals surface area contributed by atoms with Crippen molar-refractivity contribution < 1.29 is 57.7 Å². The molecule has 6 aromatic rings. The van der Waals surface area contributed by atoms with Crippen LogP contribution in [0, 0.1) is 29.1 Å². The molecule has 94 heavy (non-hydrogen) atoms. The number of rotatable bonds is 26. The van der Waals surface area contributed by atoms with E-state index in [2.05, 4.69) is 29.5 Å². The van der Waals surface area contributed by atoms with Gasteiger partial charge in [0, 0.05) is 86.4 Å². The maximum atomic E-state index is 14.2. The minimum absolute atomic E-state index is 0.00259. The van der Waals surface area contributed by atoms with Crippen molar-refractivity contribution in [2.24, 2.45) is 27.9 Å². The molecule has 3 aromatic carbocycles. The van der Waals surface area contributed by atoms with Crippen LogP contribution in [-0.2, 0) is 59.6 Å². The van der Waals surface area contributed by atoms with E-state index in [4.69, 9.17) is 30.0 Å². The number of primary amides is 1. The van der Waals surface area contributed by atoms with E-state index in [1.807, 2.05) is 59.0 Å². The summed E-state index contributed by atoms with van der Waals surface area (Å²) < 4.78 is 21.4. The summed E-state index contributed by atoms with van der Waals surface area (Å²) in [4.78, 5) is 120. The Morgan fingerprint density at radius 2 is 1.59 bits per heavy atom. The molecule has 0 radical (unpaired) electrons. The second-order valence-electron chi connectivity index (χ2n) is 27.5. The topological polar surface area (TPSA) is 291 Å². The van der Waals surface area contributed by atoms with E-state index < -0.39 is 41.6 Å². The van der Waals surface area contributed by atoms with Gasteiger partial charge >= 0.3 is 12.1 Å². The maximum absolute atomic E-state index is 14.2. The van der Waals surface area contributed by atoms with E-state index in [1.165, 1.54) is 40.2 Å². The highest BCUT2D eigenvalue weighted by Gasteiger charge is 2.66. The van der Waals surface area contributed by atoms with Crippen LogP contribution in [0.3, 0.4) is 0 Å². The monoisotopic (exact) mass is 1300 g/mol. The Morgan fingerprint density at radius 3 is 2.27 bits per heavy atom. The number of hydrogen-bond donors (Lipinski definition) is 4. The molecule has 24 heteroatoms. The fraction of sp³-hybridized carbons (Fsp3) is 0.471. The van der Waals surface area contributed by atoms with Gasteiger partial charge in [-0.3, -0.25) is 48.6 Å². The third-order valence-corrected chi connectivity index (χ3v) is 20.4. The van der Waals surface area contributed by atoms with Crippen LogP contribution < -0.4 is 30.9 Å². The third kappa shape index (κ3) is 14.1. The lowest BCUT2D eigenvalue weighted by molar-refractivity contribution is -0.248. The van der Waals surface area contributed by atoms with E-state index in [0.29, 0.717) is 90.0 Å². The Labute approximate surface area is 550 Å². The van der Waals surface area contributed by atoms with Crippen LogP contribution in [0.4, 0.5) is 21.4 Å². The zero-order valence-electron chi connectivity index (χ0n) is 54.6. The van der Waals surface area contributed by atoms with E-state index >= 15 is 0 Å². The quantitative estimate of drug-likeness (QED) is 0.0290. The van der Waals surface area contributed by atoms with Gasteiger partial charge in [-0.15, -0.1) is 0 Å². The summed E-state index contributed by atoms with van der Waals surface area (Å²) in [6.07, 6.45) is 11.6. The molecular weight excluding hydrogens is 1220 g/mol. The van der Waals surface area contributed by atoms with Crippen molar-refractivity contribution in [1.82, 2.24) is 34.9 Å². The SMILES string of the molecule is COc1cc2c(c(C(=O)Nc3nc4ccccc4s3)c1)CN(c1ccc(-c3cnn(CC45CC6(C)CC(C)(C4)CC(OCCN(C)C(=O)OCc4ccc(N(C(=O)[C@@H](NC(=O)CCCCCN7C(=O)C=CC7=O)C(C)C)[C@@H](C)C(N)=O)cc4)(C6)C5)c3C)c(C(=O)O)n1)CC2. The molecule has 5 heterocycles. The fourth-order valence-corrected chi connectivity index (χ4v) is 16.9. The van der Waals surface area contributed by atoms with E-state index in [0.717, 1.165) is 70.5 Å². The number of nitrogens with two attached hydrogens (primary N) is 1. The van der Waals surface area contributed by atoms with Gasteiger partial charge < -0.3 is 40.2 Å². The van der Waals surface area contributed by atoms with Gasteiger partial charge in [-0.25, -0.2) is 19.6 Å². The molecule has 4 fully saturated rings. The van der Waals surface area contributed by atoms with Gasteiger partial charge in [-0.1, -0.05) is 69.7 Å². The number of thiazole rings is 1. The lowest BCUT2D eigenvalue weighted by atomic mass is 9.39. The van der Waals surface area contributed by atoms with Crippen LogP contribution in [0.5, 0.6) is 5.75 Å². The molecule has 2 unspecified atom stereocenters. The average Bonchev–Trinajstić information content (AvgIpc) is 0.739. The number of anilines is 3. The number of methoxy groups -OCH3 is 1. The number of aromatic carboxylic acids is 1. The predicted octanol–water partition coefficient (Wildman–Crippen LogP) is 9.62. The molecule has 0 spiro atoms. The number of unbranched alkanes of at least 4 members (excludes halogenated alkanes) is 2. The Bertz CT molecular complexity index is 3920. The standard InChI is InChI=1S/C70H83N11O12S/c1-42(2)59(75-56(82)16-10-9-13-26-79-57(83)23-24-58(79)84)63(87)81(44(4)61(71)85)47-19-17-45(18-20-47)34-92-66(90)77(7)28-29-93-70-38-67(5)35-68(6,39-70)37-69(36-67,40-70)41-80-43(3)51(32-72-80)49-21-22-55(74-60(49)64(88)89)78-27-25-46-30-48(91-8)31-50(52(46)33-78)62(86)76-65-73-53-14-11-12-15-54(53)94-65/h11-12,14-15,17-24,30-32,42,44,59H,9-10,13,16,25-29,33-41H2,1-8H3,(H2,71,85)(H,75,82)(H,88,89)(H,73,76,86)/t44-,59-,67?,68?,69?,70?/m0/s1. The van der Waals surface area contributed by atoms with Crippen molar-refractivity contribution >= 4 is 85.7 Å². The van der Waals surface area contributed by atoms with Crippen molar-refractivity contribution in [3.63, 3.8) is 0 Å². The summed E-state index contributed by atoms with van der Waals surface area (Å²) in [6.45, 7) is 14.0. The number of imide groups is 1. The second kappa shape index (κ2) is 26.8. The summed E-state index contributed by atoms with van der Waals surface area (Å²) in [5.74, 6) is -3.12. The van der Waals surface area contributed by atoms with Crippen LogP contribution in [0.25, 0.3) is 21.3 Å². The zero-order chi connectivity index (χ0) is 67.0. The van der Waals surface area contributed by atoms with Gasteiger partial charge in [0.05, 0.1) is 35.7 Å². The Morgan fingerprint density at radius 1 is 0.862 bits per heavy atom. The molecule has 12 rings (SSSR count). The number of carboxylic acids is 1. The van der Waals surface area contributed by atoms with Crippen LogP contribution >= 0.6 is 11.3 Å². The number of para-hydroxylation sites is 1. The number of carbonyl (C=O) groups is 8. The van der Waals surface area contributed by atoms with E-state index in [-0.39, 0.29) is 84.2 Å². The number of carbonyl (C=O) groups excluding carboxylic acids is 7. The molecule has 5 N–H and O–H groups in total. The van der Waals surface area contributed by atoms with Crippen molar-refractivity contribution in [3.05, 3.63) is 125 Å². The van der Waals surface area contributed by atoms with Crippen LogP contribution in [0.2, 0.25) is 0 Å². The number of aromatic nitrogens is 4. The molecule has 4 aliphatic carbocycles. The van der Waals surface area contributed by atoms with Gasteiger partial charge in [0.25, 0.3) is 23.6 Å². The molecule has 4 bridgehead atoms. The predicted molar refractivity (Wildman–Crippen MR) is 354 cm³/mol. The van der Waals surface area contributed by atoms with Crippen molar-refractivity contribution in [2.75, 3.05) is 55.5 Å². The molecule has 4 saturated carbocycles. The summed E-state index contributed by atoms with van der Waals surface area (Å²) in [7, 11) is 3.24. The largest absolute Gasteiger partial charge is 0.497 e. The number of pyridine rings is 1. The number of nitrogens with one attached hydrogen (secondary N) is 2. The van der Waals surface area contributed by atoms with Gasteiger partial charge in [0.1, 0.15) is 30.3 Å². The number of hydrogen-bond acceptors (Lipinski definition) is 16. The van der Waals surface area contributed by atoms with Gasteiger partial charge in [-0.2, -0.15) is 5.10 Å². The van der Waals surface area contributed by atoms with Crippen LogP contribution in [-0.4, -0.2) is 140 Å². The number of amides is 7. The first-order valence-corrected chi connectivity index (χ1v) is 33.0. The summed E-state index contributed by atoms with van der Waals surface area (Å²) in [6, 6.07) is 19.6. The molecule has 7 amide bonds. The van der Waals surface area contributed by atoms with E-state index in [1.54, 1.807) is 64.5 Å². The van der Waals surface area contributed by atoms with Crippen molar-refractivity contribution in [2.45, 2.75) is 150 Å². The van der Waals surface area contributed by atoms with Crippen LogP contribution in [0.1, 0.15) is 142 Å². The molecule has 4 atom stereocenters. The minimum atomic E-state index is -1.17. The van der Waals surface area contributed by atoms with E-state index in [9.17, 15) is 43.5 Å². The summed E-state index contributed by atoms with van der Waals surface area (Å²) in [5, 5.41) is 22.0. The van der Waals surface area contributed by atoms with Crippen molar-refractivity contribution in [1.29, 1.82) is 0 Å². The Balaban J connectivity index is 0.697. The van der Waals surface area contributed by atoms with Gasteiger partial charge in [0.15, 0.2) is 10.8 Å². The molecule has 23 nitrogen and oxygen atoms in total. The molecular formula is C70H83N11O12S. The first kappa shape index (κ1) is 66.4. The number of fused-ring (bicyclic) bond motifs is 2. The molecule has 6 aliphatic rings. The lowest BCUT2D eigenvalue weighted by Crippen LogP contribution is -2.64. The normalized spacial score (nSPS) is 21.7. The highest BCUT2D eigenvalue weighted by Crippen LogP contribution is 2.72. The highest BCUT2D eigenvalue weighted by molar-refractivity contribution is 7.22.